The van der Waals surface area contributed by atoms with Crippen molar-refractivity contribution in [3.63, 3.8) is 0 Å². The van der Waals surface area contributed by atoms with Gasteiger partial charge in [0.1, 0.15) is 12.2 Å². The van der Waals surface area contributed by atoms with Crippen LogP contribution in [0.15, 0.2) is 91.0 Å². The van der Waals surface area contributed by atoms with Gasteiger partial charge in [-0.25, -0.2) is 0 Å². The summed E-state index contributed by atoms with van der Waals surface area (Å²) in [6.07, 6.45) is -0.927. The topological polar surface area (TPSA) is 40.2 Å². The number of fused-ring (bicyclic) bond motifs is 3. The van der Waals surface area contributed by atoms with E-state index in [1.165, 1.54) is 5.56 Å². The smallest absolute Gasteiger partial charge is 0.184 e. The van der Waals surface area contributed by atoms with Gasteiger partial charge in [0.25, 0.3) is 0 Å². The van der Waals surface area contributed by atoms with Gasteiger partial charge in [0.05, 0.1) is 25.3 Å². The summed E-state index contributed by atoms with van der Waals surface area (Å²) in [5.41, 5.74) is 3.34. The predicted molar refractivity (Wildman–Crippen MR) is 120 cm³/mol. The van der Waals surface area contributed by atoms with Crippen molar-refractivity contribution in [3.8, 4) is 0 Å². The van der Waals surface area contributed by atoms with Crippen molar-refractivity contribution in [2.75, 3.05) is 13.2 Å². The summed E-state index contributed by atoms with van der Waals surface area (Å²) >= 11 is 0. The van der Waals surface area contributed by atoms with Gasteiger partial charge in [-0.05, 0) is 5.56 Å². The molecule has 0 radical (unpaired) electrons. The van der Waals surface area contributed by atoms with E-state index < -0.39 is 0 Å². The van der Waals surface area contributed by atoms with Crippen LogP contribution < -0.4 is 0 Å². The van der Waals surface area contributed by atoms with Crippen LogP contribution >= 0.6 is 0 Å². The Morgan fingerprint density at radius 2 is 1.03 bits per heavy atom. The maximum atomic E-state index is 6.57. The average molecular weight is 430 g/mol. The fourth-order valence-electron chi connectivity index (χ4n) is 5.11. The maximum Gasteiger partial charge on any atom is 0.184 e. The summed E-state index contributed by atoms with van der Waals surface area (Å²) in [6, 6.07) is 31.1. The second kappa shape index (κ2) is 8.77. The second-order valence-corrected chi connectivity index (χ2v) is 8.65. The van der Waals surface area contributed by atoms with E-state index in [2.05, 4.69) is 53.4 Å². The number of hydrogen-bond donors (Lipinski definition) is 0. The van der Waals surface area contributed by atoms with Gasteiger partial charge in [-0.1, -0.05) is 91.0 Å². The molecule has 0 amide bonds. The molecule has 3 aromatic rings. The lowest BCUT2D eigenvalue weighted by Gasteiger charge is -2.37. The summed E-state index contributed by atoms with van der Waals surface area (Å²) in [4.78, 5) is 2.45. The van der Waals surface area contributed by atoms with Crippen LogP contribution in [0.25, 0.3) is 0 Å². The lowest BCUT2D eigenvalue weighted by Crippen LogP contribution is -2.47. The third-order valence-electron chi connectivity index (χ3n) is 6.68. The van der Waals surface area contributed by atoms with E-state index >= 15 is 0 Å². The molecule has 0 aliphatic carbocycles. The molecule has 3 heterocycles. The molecule has 0 aromatic heterocycles. The van der Waals surface area contributed by atoms with Crippen molar-refractivity contribution < 1.29 is 18.9 Å². The Balaban J connectivity index is 1.28. The Labute approximate surface area is 188 Å². The highest BCUT2D eigenvalue weighted by atomic mass is 16.7. The van der Waals surface area contributed by atoms with E-state index in [0.717, 1.165) is 17.7 Å². The first-order chi connectivity index (χ1) is 15.9. The van der Waals surface area contributed by atoms with E-state index in [0.29, 0.717) is 13.2 Å². The Kier molecular flexibility index (Phi) is 5.51. The molecule has 3 fully saturated rings. The van der Waals surface area contributed by atoms with Crippen molar-refractivity contribution in [1.29, 1.82) is 0 Å². The summed E-state index contributed by atoms with van der Waals surface area (Å²) in [7, 11) is 0. The van der Waals surface area contributed by atoms with Crippen molar-refractivity contribution in [2.24, 2.45) is 0 Å². The summed E-state index contributed by atoms with van der Waals surface area (Å²) in [5.74, 6) is 0. The fourth-order valence-corrected chi connectivity index (χ4v) is 5.11. The fraction of sp³-hybridized carbons (Fsp3) is 0.333. The first-order valence-electron chi connectivity index (χ1n) is 11.3. The van der Waals surface area contributed by atoms with Gasteiger partial charge in [0, 0.05) is 17.7 Å². The molecule has 3 unspecified atom stereocenters. The first kappa shape index (κ1) is 20.1. The number of benzene rings is 3. The molecule has 6 atom stereocenters. The zero-order valence-corrected chi connectivity index (χ0v) is 17.8. The molecule has 0 spiro atoms. The predicted octanol–water partition coefficient (Wildman–Crippen LogP) is 4.47. The summed E-state index contributed by atoms with van der Waals surface area (Å²) < 4.78 is 25.6. The van der Waals surface area contributed by atoms with Crippen LogP contribution in [0.2, 0.25) is 0 Å². The molecule has 32 heavy (non-hydrogen) atoms. The molecule has 0 bridgehead atoms. The molecule has 0 saturated carbocycles. The van der Waals surface area contributed by atoms with Gasteiger partial charge < -0.3 is 18.9 Å². The second-order valence-electron chi connectivity index (χ2n) is 8.65. The third-order valence-corrected chi connectivity index (χ3v) is 6.68. The Bertz CT molecular complexity index is 952. The molecule has 6 rings (SSSR count). The standard InChI is InChI=1S/C27H27NO4/c1-4-10-19(11-5-1)16-28-22-17-29-26(20-12-6-2-7-13-20)31-24(22)25-23(28)18-30-27(32-25)21-14-8-3-9-15-21/h1-15,22-27H,16-18H2/t22-,23?,24+,25+,26?,27?/m0/s1. The molecule has 3 aliphatic rings. The normalized spacial score (nSPS) is 32.2. The number of nitrogens with zero attached hydrogens (tertiary/aromatic N) is 1. The largest absolute Gasteiger partial charge is 0.347 e. The summed E-state index contributed by atoms with van der Waals surface area (Å²) in [5, 5.41) is 0. The van der Waals surface area contributed by atoms with Crippen molar-refractivity contribution >= 4 is 0 Å². The molecule has 0 N–H and O–H groups in total. The highest BCUT2D eigenvalue weighted by Gasteiger charge is 2.56. The van der Waals surface area contributed by atoms with Crippen LogP contribution in [0, 0.1) is 0 Å². The zero-order chi connectivity index (χ0) is 21.3. The van der Waals surface area contributed by atoms with E-state index in [9.17, 15) is 0 Å². The van der Waals surface area contributed by atoms with E-state index in [-0.39, 0.29) is 36.9 Å². The quantitative estimate of drug-likeness (QED) is 0.612. The molecular weight excluding hydrogens is 402 g/mol. The van der Waals surface area contributed by atoms with E-state index in [1.807, 2.05) is 42.5 Å². The minimum Gasteiger partial charge on any atom is -0.347 e. The van der Waals surface area contributed by atoms with E-state index in [4.69, 9.17) is 18.9 Å². The lowest BCUT2D eigenvalue weighted by atomic mass is 10.0. The number of likely N-dealkylation sites (tertiary alicyclic amines) is 1. The van der Waals surface area contributed by atoms with Crippen LogP contribution in [-0.2, 0) is 25.5 Å². The van der Waals surface area contributed by atoms with Crippen molar-refractivity contribution in [2.45, 2.75) is 43.4 Å². The molecular formula is C27H27NO4. The third kappa shape index (κ3) is 3.76. The number of hydrogen-bond acceptors (Lipinski definition) is 5. The molecule has 3 saturated heterocycles. The minimum atomic E-state index is -0.378. The van der Waals surface area contributed by atoms with E-state index in [1.54, 1.807) is 0 Å². The van der Waals surface area contributed by atoms with Crippen LogP contribution in [-0.4, -0.2) is 42.4 Å². The monoisotopic (exact) mass is 429 g/mol. The highest BCUT2D eigenvalue weighted by molar-refractivity contribution is 5.21. The Hall–Kier alpha value is -2.54. The highest BCUT2D eigenvalue weighted by Crippen LogP contribution is 2.43. The van der Waals surface area contributed by atoms with Crippen molar-refractivity contribution in [1.82, 2.24) is 4.90 Å². The van der Waals surface area contributed by atoms with Gasteiger partial charge in [-0.15, -0.1) is 0 Å². The van der Waals surface area contributed by atoms with Gasteiger partial charge in [0.15, 0.2) is 12.6 Å². The number of ether oxygens (including phenoxy) is 4. The van der Waals surface area contributed by atoms with Crippen molar-refractivity contribution in [3.05, 3.63) is 108 Å². The Morgan fingerprint density at radius 3 is 1.50 bits per heavy atom. The molecule has 5 nitrogen and oxygen atoms in total. The van der Waals surface area contributed by atoms with Crippen LogP contribution in [0.4, 0.5) is 0 Å². The minimum absolute atomic E-state index is 0.0854. The molecule has 3 aliphatic heterocycles. The molecule has 5 heteroatoms. The average Bonchev–Trinajstić information content (AvgIpc) is 3.18. The van der Waals surface area contributed by atoms with Gasteiger partial charge in [-0.2, -0.15) is 0 Å². The van der Waals surface area contributed by atoms with Gasteiger partial charge >= 0.3 is 0 Å². The Morgan fingerprint density at radius 1 is 0.594 bits per heavy atom. The first-order valence-corrected chi connectivity index (χ1v) is 11.3. The molecule has 3 aromatic carbocycles. The van der Waals surface area contributed by atoms with Crippen LogP contribution in [0.3, 0.4) is 0 Å². The maximum absolute atomic E-state index is 6.57. The molecule has 164 valence electrons. The zero-order valence-electron chi connectivity index (χ0n) is 17.8. The van der Waals surface area contributed by atoms with Gasteiger partial charge in [-0.3, -0.25) is 4.90 Å². The lowest BCUT2D eigenvalue weighted by molar-refractivity contribution is -0.278. The SMILES string of the molecule is c1ccc(CN2C3COC(c4ccccc4)O[C@H]3[C@@H]3OC(c4ccccc4)OC[C@@H]32)cc1. The summed E-state index contributed by atoms with van der Waals surface area (Å²) in [6.45, 7) is 2.02. The van der Waals surface area contributed by atoms with Crippen LogP contribution in [0.1, 0.15) is 29.3 Å². The number of rotatable bonds is 4. The van der Waals surface area contributed by atoms with Crippen LogP contribution in [0.5, 0.6) is 0 Å². The van der Waals surface area contributed by atoms with Gasteiger partial charge in [0.2, 0.25) is 0 Å².